The molecular formula is C14H6F5NO6S. The molecule has 0 aliphatic carbocycles. The fourth-order valence-corrected chi connectivity index (χ4v) is 3.67. The van der Waals surface area contributed by atoms with Crippen LogP contribution in [0, 0.1) is 29.1 Å². The molecule has 144 valence electrons. The van der Waals surface area contributed by atoms with Crippen molar-refractivity contribution in [2.45, 2.75) is 25.0 Å². The number of imide groups is 1. The van der Waals surface area contributed by atoms with Gasteiger partial charge in [0.25, 0.3) is 11.8 Å². The molecule has 0 saturated carbocycles. The summed E-state index contributed by atoms with van der Waals surface area (Å²) in [6, 6.07) is 0. The van der Waals surface area contributed by atoms with Gasteiger partial charge in [0.1, 0.15) is 0 Å². The first-order chi connectivity index (χ1) is 12.7. The summed E-state index contributed by atoms with van der Waals surface area (Å²) in [5.74, 6) is -15.8. The molecule has 0 aromatic heterocycles. The molecule has 2 bridgehead atoms. The van der Waals surface area contributed by atoms with Crippen LogP contribution in [-0.2, 0) is 30.0 Å². The number of carbonyl (C=O) groups excluding carboxylic acids is 2. The Hall–Kier alpha value is -2.38. The minimum Gasteiger partial charge on any atom is -0.372 e. The van der Waals surface area contributed by atoms with E-state index in [1.54, 1.807) is 0 Å². The normalized spacial score (nSPS) is 24.9. The van der Waals surface area contributed by atoms with E-state index in [1.165, 1.54) is 0 Å². The highest BCUT2D eigenvalue weighted by molar-refractivity contribution is 7.75. The Kier molecular flexibility index (Phi) is 4.05. The van der Waals surface area contributed by atoms with Crippen molar-refractivity contribution in [3.05, 3.63) is 40.2 Å². The fourth-order valence-electron chi connectivity index (χ4n) is 3.10. The van der Waals surface area contributed by atoms with Crippen molar-refractivity contribution < 1.29 is 49.0 Å². The molecule has 0 spiro atoms. The number of ether oxygens (including phenoxy) is 1. The number of halogens is 5. The van der Waals surface area contributed by atoms with Gasteiger partial charge in [0.05, 0.1) is 23.4 Å². The Bertz CT molecular complexity index is 905. The van der Waals surface area contributed by atoms with Crippen LogP contribution in [-0.4, -0.2) is 33.3 Å². The van der Waals surface area contributed by atoms with Crippen LogP contribution in [0.2, 0.25) is 0 Å². The topological polar surface area (TPSA) is 82.1 Å². The van der Waals surface area contributed by atoms with Crippen LogP contribution in [0.4, 0.5) is 22.0 Å². The minimum absolute atomic E-state index is 0.0180. The van der Waals surface area contributed by atoms with Crippen LogP contribution in [0.15, 0.2) is 11.1 Å². The molecule has 0 N–H and O–H groups in total. The summed E-state index contributed by atoms with van der Waals surface area (Å²) < 4.78 is 91.9. The third-order valence-electron chi connectivity index (χ3n) is 4.24. The second-order valence-corrected chi connectivity index (χ2v) is 6.41. The molecule has 27 heavy (non-hydrogen) atoms. The molecule has 3 aliphatic rings. The molecule has 3 heterocycles. The number of hydroxylamine groups is 2. The maximum Gasteiger partial charge on any atom is 0.384 e. The van der Waals surface area contributed by atoms with E-state index in [1.807, 2.05) is 0 Å². The van der Waals surface area contributed by atoms with Crippen molar-refractivity contribution in [3.8, 4) is 5.75 Å². The lowest BCUT2D eigenvalue weighted by Crippen LogP contribution is -2.36. The van der Waals surface area contributed by atoms with Crippen molar-refractivity contribution in [1.82, 2.24) is 5.06 Å². The molecule has 7 nitrogen and oxygen atoms in total. The molecule has 1 fully saturated rings. The van der Waals surface area contributed by atoms with E-state index in [-0.39, 0.29) is 16.2 Å². The minimum atomic E-state index is -3.27. The van der Waals surface area contributed by atoms with Crippen molar-refractivity contribution in [2.75, 3.05) is 0 Å². The van der Waals surface area contributed by atoms with Gasteiger partial charge in [-0.15, -0.1) is 9.35 Å². The number of amides is 2. The maximum atomic E-state index is 13.5. The second-order valence-electron chi connectivity index (χ2n) is 5.68. The highest BCUT2D eigenvalue weighted by Gasteiger charge is 2.55. The molecule has 0 radical (unpaired) electrons. The average Bonchev–Trinajstić information content (AvgIpc) is 3.32. The number of carbonyl (C=O) groups is 2. The molecule has 2 amide bonds. The van der Waals surface area contributed by atoms with E-state index in [0.717, 1.165) is 0 Å². The molecule has 3 atom stereocenters. The number of fused-ring (bicyclic) bond motifs is 4. The van der Waals surface area contributed by atoms with Crippen LogP contribution in [0.1, 0.15) is 12.8 Å². The number of rotatable bonds is 4. The Balaban J connectivity index is 1.54. The molecular weight excluding hydrogens is 405 g/mol. The van der Waals surface area contributed by atoms with Crippen LogP contribution in [0.5, 0.6) is 5.75 Å². The number of nitrogens with zero attached hydrogens (tertiary/aromatic N) is 1. The molecule has 1 aromatic carbocycles. The largest absolute Gasteiger partial charge is 0.384 e. The highest BCUT2D eigenvalue weighted by Crippen LogP contribution is 2.44. The Morgan fingerprint density at radius 1 is 0.852 bits per heavy atom. The Morgan fingerprint density at radius 3 is 1.78 bits per heavy atom. The summed E-state index contributed by atoms with van der Waals surface area (Å²) >= 11 is -3.27. The van der Waals surface area contributed by atoms with Gasteiger partial charge < -0.3 is 8.92 Å². The van der Waals surface area contributed by atoms with Gasteiger partial charge in [-0.2, -0.15) is 13.0 Å². The van der Waals surface area contributed by atoms with Crippen LogP contribution in [0.3, 0.4) is 0 Å². The monoisotopic (exact) mass is 411 g/mol. The fraction of sp³-hybridized carbons (Fsp3) is 0.286. The molecule has 1 aromatic rings. The molecule has 3 unspecified atom stereocenters. The first kappa shape index (κ1) is 18.0. The second kappa shape index (κ2) is 6.07. The van der Waals surface area contributed by atoms with Gasteiger partial charge in [0.2, 0.25) is 34.8 Å². The molecule has 13 heteroatoms. The number of hydrogen-bond donors (Lipinski definition) is 0. The van der Waals surface area contributed by atoms with Gasteiger partial charge in [0, 0.05) is 0 Å². The lowest BCUT2D eigenvalue weighted by molar-refractivity contribution is -0.164. The van der Waals surface area contributed by atoms with Crippen LogP contribution in [0.25, 0.3) is 0 Å². The van der Waals surface area contributed by atoms with E-state index >= 15 is 0 Å². The summed E-state index contributed by atoms with van der Waals surface area (Å²) in [5, 5.41) is 0.0423. The van der Waals surface area contributed by atoms with Crippen molar-refractivity contribution in [3.63, 3.8) is 0 Å². The number of hydrogen-bond acceptors (Lipinski definition) is 6. The third-order valence-corrected chi connectivity index (χ3v) is 4.81. The summed E-state index contributed by atoms with van der Waals surface area (Å²) in [6.45, 7) is 0. The van der Waals surface area contributed by atoms with Gasteiger partial charge in [-0.1, -0.05) is 0 Å². The lowest BCUT2D eigenvalue weighted by atomic mass is 9.93. The smallest absolute Gasteiger partial charge is 0.372 e. The van der Waals surface area contributed by atoms with Gasteiger partial charge in [-0.3, -0.25) is 9.59 Å². The first-order valence-corrected chi connectivity index (χ1v) is 8.30. The van der Waals surface area contributed by atoms with Crippen LogP contribution < -0.4 is 4.18 Å². The Labute approximate surface area is 149 Å². The molecule has 1 saturated heterocycles. The molecule has 4 rings (SSSR count). The molecule has 3 aliphatic heterocycles. The summed E-state index contributed by atoms with van der Waals surface area (Å²) in [5.41, 5.74) is 0.0361. The van der Waals surface area contributed by atoms with Crippen molar-refractivity contribution >= 4 is 23.2 Å². The van der Waals surface area contributed by atoms with Gasteiger partial charge in [0.15, 0.2) is 0 Å². The van der Waals surface area contributed by atoms with Gasteiger partial charge in [-0.25, -0.2) is 13.2 Å². The van der Waals surface area contributed by atoms with Crippen LogP contribution >= 0.6 is 0 Å². The highest BCUT2D eigenvalue weighted by atomic mass is 32.2. The number of benzene rings is 1. The van der Waals surface area contributed by atoms with E-state index in [2.05, 4.69) is 8.47 Å². The third kappa shape index (κ3) is 2.49. The van der Waals surface area contributed by atoms with E-state index in [4.69, 9.17) is 4.74 Å². The predicted octanol–water partition coefficient (Wildman–Crippen LogP) is 1.50. The van der Waals surface area contributed by atoms with Gasteiger partial charge >= 0.3 is 11.4 Å². The summed E-state index contributed by atoms with van der Waals surface area (Å²) in [6.07, 6.45) is -0.278. The summed E-state index contributed by atoms with van der Waals surface area (Å²) in [7, 11) is 0. The quantitative estimate of drug-likeness (QED) is 0.323. The standard InChI is InChI=1S/C14H6F5NO6S/c15-7-8(16)10(18)12(11(19)9(7)17)25-27(23)26-20-13(21)5-3-1-2-4(24-3)6(5)14(20)22/h3-4H,1-2H2. The Morgan fingerprint density at radius 2 is 1.30 bits per heavy atom. The zero-order chi connectivity index (χ0) is 19.6. The SMILES string of the molecule is O=C1C2=C(C(=O)N1OS(=O)Oc1c(F)c(F)c(F)c(F)c1F)C1CCC2O1. The maximum absolute atomic E-state index is 13.5. The lowest BCUT2D eigenvalue weighted by Gasteiger charge is -2.16. The van der Waals surface area contributed by atoms with E-state index in [0.29, 0.717) is 12.8 Å². The van der Waals surface area contributed by atoms with Crippen molar-refractivity contribution in [1.29, 1.82) is 0 Å². The predicted molar refractivity (Wildman–Crippen MR) is 72.9 cm³/mol. The van der Waals surface area contributed by atoms with E-state index in [9.17, 15) is 35.8 Å². The van der Waals surface area contributed by atoms with Gasteiger partial charge in [-0.05, 0) is 12.8 Å². The van der Waals surface area contributed by atoms with Crippen molar-refractivity contribution in [2.24, 2.45) is 0 Å². The zero-order valence-electron chi connectivity index (χ0n) is 12.8. The first-order valence-electron chi connectivity index (χ1n) is 7.30. The summed E-state index contributed by atoms with van der Waals surface area (Å²) in [4.78, 5) is 24.4. The van der Waals surface area contributed by atoms with E-state index < -0.39 is 70.2 Å². The zero-order valence-corrected chi connectivity index (χ0v) is 13.6. The average molecular weight is 411 g/mol.